The number of carbonyl (C=O) groups is 2. The summed E-state index contributed by atoms with van der Waals surface area (Å²) in [5, 5.41) is 19.3. The van der Waals surface area contributed by atoms with Crippen LogP contribution >= 0.6 is 0 Å². The van der Waals surface area contributed by atoms with Crippen LogP contribution in [0.5, 0.6) is 0 Å². The van der Waals surface area contributed by atoms with Crippen LogP contribution in [-0.2, 0) is 4.74 Å². The minimum atomic E-state index is -1.08. The number of hydrogen-bond acceptors (Lipinski definition) is 5. The highest BCUT2D eigenvalue weighted by molar-refractivity contribution is 5.84. The number of carbonyl (C=O) groups excluding carboxylic acids is 1. The summed E-state index contributed by atoms with van der Waals surface area (Å²) in [6.45, 7) is 0.817. The molecule has 5 rings (SSSR count). The molecule has 2 aromatic carbocycles. The quantitative estimate of drug-likeness (QED) is 0.635. The normalized spacial score (nSPS) is 19.2. The SMILES string of the molecule is O=C(NCC1CC(n2cc(C(=O)O)nn2)C1)OCC1c2ccccc2-c2ccccc21. The lowest BCUT2D eigenvalue weighted by Crippen LogP contribution is -2.37. The van der Waals surface area contributed by atoms with Crippen molar-refractivity contribution in [3.8, 4) is 11.1 Å². The Balaban J connectivity index is 1.11. The van der Waals surface area contributed by atoms with Gasteiger partial charge in [0, 0.05) is 12.5 Å². The first kappa shape index (κ1) is 19.3. The lowest BCUT2D eigenvalue weighted by Gasteiger charge is -2.34. The van der Waals surface area contributed by atoms with E-state index in [1.165, 1.54) is 28.5 Å². The minimum Gasteiger partial charge on any atom is -0.476 e. The summed E-state index contributed by atoms with van der Waals surface area (Å²) < 4.78 is 7.15. The third-order valence-corrected chi connectivity index (χ3v) is 6.19. The van der Waals surface area contributed by atoms with Crippen molar-refractivity contribution in [2.45, 2.75) is 24.8 Å². The summed E-state index contributed by atoms with van der Waals surface area (Å²) in [5.41, 5.74) is 4.72. The molecule has 1 fully saturated rings. The van der Waals surface area contributed by atoms with E-state index in [-0.39, 0.29) is 17.7 Å². The van der Waals surface area contributed by atoms with E-state index >= 15 is 0 Å². The fourth-order valence-electron chi connectivity index (χ4n) is 4.51. The third-order valence-electron chi connectivity index (χ3n) is 6.19. The summed E-state index contributed by atoms with van der Waals surface area (Å²) in [7, 11) is 0. The molecule has 1 saturated carbocycles. The molecule has 8 nitrogen and oxygen atoms in total. The number of carboxylic acid groups (broad SMARTS) is 1. The Morgan fingerprint density at radius 3 is 2.32 bits per heavy atom. The van der Waals surface area contributed by atoms with Crippen molar-refractivity contribution in [3.63, 3.8) is 0 Å². The van der Waals surface area contributed by atoms with E-state index in [2.05, 4.69) is 39.9 Å². The molecule has 1 aromatic heterocycles. The van der Waals surface area contributed by atoms with Gasteiger partial charge in [0.2, 0.25) is 0 Å². The maximum Gasteiger partial charge on any atom is 0.407 e. The molecule has 2 aliphatic carbocycles. The zero-order valence-electron chi connectivity index (χ0n) is 16.8. The van der Waals surface area contributed by atoms with E-state index in [1.807, 2.05) is 24.3 Å². The summed E-state index contributed by atoms with van der Waals surface area (Å²) in [4.78, 5) is 23.2. The maximum absolute atomic E-state index is 12.3. The Labute approximate surface area is 178 Å². The molecular weight excluding hydrogens is 396 g/mol. The van der Waals surface area contributed by atoms with Crippen molar-refractivity contribution in [2.75, 3.05) is 13.2 Å². The van der Waals surface area contributed by atoms with Crippen molar-refractivity contribution >= 4 is 12.1 Å². The average Bonchev–Trinajstić information content (AvgIpc) is 3.35. The van der Waals surface area contributed by atoms with Crippen molar-refractivity contribution in [1.29, 1.82) is 0 Å². The predicted octanol–water partition coefficient (Wildman–Crippen LogP) is 3.47. The van der Waals surface area contributed by atoms with Gasteiger partial charge in [-0.05, 0) is 41.0 Å². The number of hydrogen-bond donors (Lipinski definition) is 2. The number of aromatic nitrogens is 3. The molecule has 0 atom stereocenters. The standard InChI is InChI=1S/C23H22N4O4/c28-22(29)21-12-27(26-25-21)15-9-14(10-15)11-24-23(30)31-13-20-18-7-3-1-5-16(18)17-6-2-4-8-19(17)20/h1-8,12,14-15,20H,9-11,13H2,(H,24,30)(H,28,29). The van der Waals surface area contributed by atoms with Crippen LogP contribution in [0.4, 0.5) is 4.79 Å². The highest BCUT2D eigenvalue weighted by atomic mass is 16.5. The second-order valence-electron chi connectivity index (χ2n) is 8.09. The number of alkyl carbamates (subject to hydrolysis) is 1. The fraction of sp³-hybridized carbons (Fsp3) is 0.304. The third kappa shape index (κ3) is 3.65. The first-order valence-corrected chi connectivity index (χ1v) is 10.3. The van der Waals surface area contributed by atoms with Gasteiger partial charge in [-0.15, -0.1) is 5.10 Å². The molecule has 0 unspecified atom stereocenters. The van der Waals surface area contributed by atoms with Crippen molar-refractivity contribution in [1.82, 2.24) is 20.3 Å². The molecule has 2 aliphatic rings. The van der Waals surface area contributed by atoms with E-state index in [0.717, 1.165) is 12.8 Å². The Hall–Kier alpha value is -3.68. The van der Waals surface area contributed by atoms with Crippen LogP contribution in [0.25, 0.3) is 11.1 Å². The summed E-state index contributed by atoms with van der Waals surface area (Å²) in [6.07, 6.45) is 2.65. The van der Waals surface area contributed by atoms with Crippen molar-refractivity contribution in [2.24, 2.45) is 5.92 Å². The predicted molar refractivity (Wildman–Crippen MR) is 112 cm³/mol. The lowest BCUT2D eigenvalue weighted by atomic mass is 9.80. The number of nitrogens with one attached hydrogen (secondary N) is 1. The van der Waals surface area contributed by atoms with Gasteiger partial charge < -0.3 is 15.2 Å². The Bertz CT molecular complexity index is 1090. The Morgan fingerprint density at radius 2 is 1.71 bits per heavy atom. The van der Waals surface area contributed by atoms with E-state index in [1.54, 1.807) is 4.68 Å². The first-order valence-electron chi connectivity index (χ1n) is 10.3. The zero-order chi connectivity index (χ0) is 21.4. The largest absolute Gasteiger partial charge is 0.476 e. The highest BCUT2D eigenvalue weighted by Crippen LogP contribution is 2.44. The average molecular weight is 418 g/mol. The molecule has 3 aromatic rings. The van der Waals surface area contributed by atoms with Crippen LogP contribution in [0.1, 0.15) is 46.4 Å². The van der Waals surface area contributed by atoms with E-state index < -0.39 is 12.1 Å². The number of amides is 1. The van der Waals surface area contributed by atoms with Crippen LogP contribution in [0.2, 0.25) is 0 Å². The molecule has 0 aliphatic heterocycles. The van der Waals surface area contributed by atoms with Gasteiger partial charge in [0.1, 0.15) is 6.61 Å². The zero-order valence-corrected chi connectivity index (χ0v) is 16.8. The van der Waals surface area contributed by atoms with Gasteiger partial charge in [0.05, 0.1) is 12.2 Å². The van der Waals surface area contributed by atoms with Crippen molar-refractivity contribution < 1.29 is 19.4 Å². The fourth-order valence-corrected chi connectivity index (χ4v) is 4.51. The molecule has 158 valence electrons. The second-order valence-corrected chi connectivity index (χ2v) is 8.09. The maximum atomic E-state index is 12.3. The van der Waals surface area contributed by atoms with Crippen LogP contribution in [-0.4, -0.2) is 45.3 Å². The van der Waals surface area contributed by atoms with Gasteiger partial charge in [-0.2, -0.15) is 0 Å². The van der Waals surface area contributed by atoms with Gasteiger partial charge in [0.25, 0.3) is 0 Å². The molecule has 2 N–H and O–H groups in total. The number of nitrogens with zero attached hydrogens (tertiary/aromatic N) is 3. The molecule has 1 amide bonds. The van der Waals surface area contributed by atoms with Crippen LogP contribution in [0, 0.1) is 5.92 Å². The molecule has 8 heteroatoms. The number of benzene rings is 2. The number of aromatic carboxylic acids is 1. The molecule has 0 bridgehead atoms. The smallest absolute Gasteiger partial charge is 0.407 e. The van der Waals surface area contributed by atoms with Crippen LogP contribution in [0.3, 0.4) is 0 Å². The minimum absolute atomic E-state index is 0.0435. The van der Waals surface area contributed by atoms with Crippen LogP contribution < -0.4 is 5.32 Å². The topological polar surface area (TPSA) is 106 Å². The number of fused-ring (bicyclic) bond motifs is 3. The monoisotopic (exact) mass is 418 g/mol. The molecule has 0 radical (unpaired) electrons. The summed E-state index contributed by atoms with van der Waals surface area (Å²) in [5.74, 6) is -0.732. The summed E-state index contributed by atoms with van der Waals surface area (Å²) in [6, 6.07) is 16.6. The van der Waals surface area contributed by atoms with Gasteiger partial charge in [-0.3, -0.25) is 0 Å². The first-order chi connectivity index (χ1) is 15.1. The van der Waals surface area contributed by atoms with Gasteiger partial charge >= 0.3 is 12.1 Å². The van der Waals surface area contributed by atoms with E-state index in [9.17, 15) is 9.59 Å². The molecular formula is C23H22N4O4. The van der Waals surface area contributed by atoms with E-state index in [4.69, 9.17) is 9.84 Å². The number of carboxylic acids is 1. The molecule has 1 heterocycles. The van der Waals surface area contributed by atoms with Gasteiger partial charge in [0.15, 0.2) is 5.69 Å². The van der Waals surface area contributed by atoms with E-state index in [0.29, 0.717) is 19.1 Å². The van der Waals surface area contributed by atoms with Gasteiger partial charge in [-0.1, -0.05) is 53.7 Å². The Kier molecular flexibility index (Phi) is 4.89. The lowest BCUT2D eigenvalue weighted by molar-refractivity contribution is 0.0690. The molecule has 31 heavy (non-hydrogen) atoms. The van der Waals surface area contributed by atoms with Crippen molar-refractivity contribution in [3.05, 3.63) is 71.5 Å². The van der Waals surface area contributed by atoms with Gasteiger partial charge in [-0.25, -0.2) is 14.3 Å². The summed E-state index contributed by atoms with van der Waals surface area (Å²) >= 11 is 0. The highest BCUT2D eigenvalue weighted by Gasteiger charge is 2.33. The molecule has 0 spiro atoms. The number of ether oxygens (including phenoxy) is 1. The van der Waals surface area contributed by atoms with Crippen LogP contribution in [0.15, 0.2) is 54.7 Å². The Morgan fingerprint density at radius 1 is 1.06 bits per heavy atom. The number of rotatable bonds is 6. The second kappa shape index (κ2) is 7.86. The molecule has 0 saturated heterocycles.